The van der Waals surface area contributed by atoms with E-state index in [0.717, 1.165) is 5.56 Å². The van der Waals surface area contributed by atoms with Gasteiger partial charge in [-0.3, -0.25) is 9.10 Å². The van der Waals surface area contributed by atoms with Gasteiger partial charge in [0.2, 0.25) is 5.78 Å². The normalized spacial score (nSPS) is 16.4. The fourth-order valence-electron chi connectivity index (χ4n) is 3.22. The molecule has 1 N–H and O–H groups in total. The number of benzene rings is 2. The van der Waals surface area contributed by atoms with Crippen molar-refractivity contribution in [2.24, 2.45) is 0 Å². The summed E-state index contributed by atoms with van der Waals surface area (Å²) in [5.74, 6) is 0.0705. The third-order valence-corrected chi connectivity index (χ3v) is 7.29. The number of hydrogen-bond acceptors (Lipinski definition) is 6. The lowest BCUT2D eigenvalue weighted by atomic mass is 10.2. The number of para-hydroxylation sites is 2. The number of sulfonamides is 1. The van der Waals surface area contributed by atoms with Crippen molar-refractivity contribution in [2.75, 3.05) is 16.2 Å². The van der Waals surface area contributed by atoms with Crippen LogP contribution in [0.4, 0.5) is 11.4 Å². The average Bonchev–Trinajstić information content (AvgIpc) is 3.23. The highest BCUT2D eigenvalue weighted by molar-refractivity contribution is 7.97. The van der Waals surface area contributed by atoms with Crippen LogP contribution in [-0.4, -0.2) is 20.8 Å². The Hall–Kier alpha value is -3.10. The average molecular weight is 441 g/mol. The summed E-state index contributed by atoms with van der Waals surface area (Å²) in [6, 6.07) is 18.1. The number of nitrogens with one attached hydrogen (secondary N) is 1. The number of anilines is 2. The van der Waals surface area contributed by atoms with Crippen LogP contribution in [-0.2, 0) is 16.6 Å². The first-order valence-corrected chi connectivity index (χ1v) is 11.7. The number of ketones is 1. The maximum absolute atomic E-state index is 13.4. The third kappa shape index (κ3) is 3.71. The molecule has 1 aliphatic heterocycles. The second-order valence-electron chi connectivity index (χ2n) is 6.54. The van der Waals surface area contributed by atoms with Crippen molar-refractivity contribution < 1.29 is 17.9 Å². The van der Waals surface area contributed by atoms with E-state index in [1.165, 1.54) is 21.8 Å². The van der Waals surface area contributed by atoms with Gasteiger partial charge in [0.05, 0.1) is 24.5 Å². The van der Waals surface area contributed by atoms with Gasteiger partial charge in [-0.25, -0.2) is 8.42 Å². The molecule has 2 aromatic carbocycles. The van der Waals surface area contributed by atoms with E-state index in [9.17, 15) is 13.2 Å². The van der Waals surface area contributed by atoms with Gasteiger partial charge in [-0.05, 0) is 36.1 Å². The number of thiophene rings is 1. The largest absolute Gasteiger partial charge is 0.492 e. The minimum absolute atomic E-state index is 0.146. The fourth-order valence-corrected chi connectivity index (χ4v) is 5.70. The van der Waals surface area contributed by atoms with Crippen molar-refractivity contribution in [3.05, 3.63) is 87.6 Å². The molecule has 0 aliphatic carbocycles. The number of carbonyl (C=O) groups excluding carboxylic acids is 1. The lowest BCUT2D eigenvalue weighted by molar-refractivity contribution is 0.104. The van der Waals surface area contributed by atoms with Crippen molar-refractivity contribution >= 4 is 38.5 Å². The summed E-state index contributed by atoms with van der Waals surface area (Å²) in [6.45, 7) is 2.48. The molecule has 0 spiro atoms. The van der Waals surface area contributed by atoms with E-state index < -0.39 is 15.8 Å². The fraction of sp³-hybridized carbons (Fsp3) is 0.136. The zero-order chi connectivity index (χ0) is 21.1. The Bertz CT molecular complexity index is 1200. The Labute approximate surface area is 179 Å². The molecular weight excluding hydrogens is 420 g/mol. The van der Waals surface area contributed by atoms with Crippen molar-refractivity contribution in [3.63, 3.8) is 0 Å². The number of ether oxygens (including phenoxy) is 1. The maximum Gasteiger partial charge on any atom is 0.270 e. The highest BCUT2D eigenvalue weighted by atomic mass is 32.2. The molecule has 6 nitrogen and oxygen atoms in total. The van der Waals surface area contributed by atoms with Crippen molar-refractivity contribution in [1.82, 2.24) is 0 Å². The molecule has 0 atom stereocenters. The SMILES string of the molecule is CCOc1ccccc1N/C=C1/C(=O)c2sccc2N(Cc2ccccc2)S1(=O)=O. The van der Waals surface area contributed by atoms with Gasteiger partial charge < -0.3 is 10.1 Å². The Morgan fingerprint density at radius 2 is 1.80 bits per heavy atom. The predicted molar refractivity (Wildman–Crippen MR) is 120 cm³/mol. The van der Waals surface area contributed by atoms with Crippen LogP contribution < -0.4 is 14.4 Å². The second-order valence-corrected chi connectivity index (χ2v) is 9.29. The van der Waals surface area contributed by atoms with Gasteiger partial charge >= 0.3 is 0 Å². The number of Topliss-reactive ketones (excluding diaryl/α,β-unsaturated/α-hetero) is 1. The number of carbonyl (C=O) groups is 1. The number of fused-ring (bicyclic) bond motifs is 1. The molecule has 0 saturated carbocycles. The molecule has 8 heteroatoms. The summed E-state index contributed by atoms with van der Waals surface area (Å²) < 4.78 is 33.6. The van der Waals surface area contributed by atoms with Gasteiger partial charge in [0.1, 0.15) is 10.6 Å². The zero-order valence-corrected chi connectivity index (χ0v) is 17.9. The first kappa shape index (κ1) is 20.2. The van der Waals surface area contributed by atoms with Crippen LogP contribution in [0.5, 0.6) is 5.75 Å². The summed E-state index contributed by atoms with van der Waals surface area (Å²) >= 11 is 1.24. The monoisotopic (exact) mass is 440 g/mol. The first-order chi connectivity index (χ1) is 14.5. The van der Waals surface area contributed by atoms with Crippen molar-refractivity contribution in [3.8, 4) is 5.75 Å². The second kappa shape index (κ2) is 8.33. The molecule has 0 radical (unpaired) electrons. The van der Waals surface area contributed by atoms with E-state index in [1.807, 2.05) is 43.3 Å². The molecule has 0 bridgehead atoms. The topological polar surface area (TPSA) is 75.7 Å². The molecule has 0 unspecified atom stereocenters. The van der Waals surface area contributed by atoms with Gasteiger partial charge in [0.15, 0.2) is 4.91 Å². The highest BCUT2D eigenvalue weighted by Crippen LogP contribution is 2.39. The van der Waals surface area contributed by atoms with Crippen LogP contribution in [0, 0.1) is 0 Å². The van der Waals surface area contributed by atoms with Crippen LogP contribution in [0.25, 0.3) is 0 Å². The van der Waals surface area contributed by atoms with E-state index >= 15 is 0 Å². The quantitative estimate of drug-likeness (QED) is 0.566. The summed E-state index contributed by atoms with van der Waals surface area (Å²) in [6.07, 6.45) is 1.26. The Morgan fingerprint density at radius 1 is 1.07 bits per heavy atom. The molecule has 30 heavy (non-hydrogen) atoms. The molecular formula is C22H20N2O4S2. The first-order valence-electron chi connectivity index (χ1n) is 9.39. The lowest BCUT2D eigenvalue weighted by Crippen LogP contribution is -2.38. The van der Waals surface area contributed by atoms with E-state index in [0.29, 0.717) is 28.6 Å². The van der Waals surface area contributed by atoms with Gasteiger partial charge in [0.25, 0.3) is 10.0 Å². The molecule has 1 aliphatic rings. The van der Waals surface area contributed by atoms with Crippen LogP contribution in [0.1, 0.15) is 22.2 Å². The minimum Gasteiger partial charge on any atom is -0.492 e. The predicted octanol–water partition coefficient (Wildman–Crippen LogP) is 4.63. The summed E-state index contributed by atoms with van der Waals surface area (Å²) in [7, 11) is -4.04. The van der Waals surface area contributed by atoms with E-state index in [-0.39, 0.29) is 11.4 Å². The smallest absolute Gasteiger partial charge is 0.270 e. The van der Waals surface area contributed by atoms with Gasteiger partial charge in [-0.15, -0.1) is 11.3 Å². The van der Waals surface area contributed by atoms with Gasteiger partial charge in [0, 0.05) is 6.20 Å². The maximum atomic E-state index is 13.4. The van der Waals surface area contributed by atoms with Gasteiger partial charge in [-0.2, -0.15) is 0 Å². The third-order valence-electron chi connectivity index (χ3n) is 4.63. The molecule has 2 heterocycles. The standard InChI is InChI=1S/C22H20N2O4S2/c1-2-28-19-11-7-6-10-17(19)23-14-20-21(25)22-18(12-13-29-22)24(30(20,26)27)15-16-8-4-3-5-9-16/h3-14,23H,2,15H2,1H3/b20-14-. The Kier molecular flexibility index (Phi) is 5.61. The molecule has 0 saturated heterocycles. The molecule has 4 rings (SSSR count). The van der Waals surface area contributed by atoms with Crippen LogP contribution in [0.15, 0.2) is 77.1 Å². The Balaban J connectivity index is 1.74. The zero-order valence-electron chi connectivity index (χ0n) is 16.2. The van der Waals surface area contributed by atoms with Crippen LogP contribution in [0.2, 0.25) is 0 Å². The van der Waals surface area contributed by atoms with E-state index in [4.69, 9.17) is 4.74 Å². The lowest BCUT2D eigenvalue weighted by Gasteiger charge is -2.29. The summed E-state index contributed by atoms with van der Waals surface area (Å²) in [5.41, 5.74) is 1.84. The molecule has 0 amide bonds. The van der Waals surface area contributed by atoms with E-state index in [2.05, 4.69) is 5.32 Å². The van der Waals surface area contributed by atoms with Gasteiger partial charge in [-0.1, -0.05) is 42.5 Å². The van der Waals surface area contributed by atoms with Crippen molar-refractivity contribution in [2.45, 2.75) is 13.5 Å². The van der Waals surface area contributed by atoms with Crippen molar-refractivity contribution in [1.29, 1.82) is 0 Å². The number of nitrogens with zero attached hydrogens (tertiary/aromatic N) is 1. The summed E-state index contributed by atoms with van der Waals surface area (Å²) in [5, 5.41) is 4.69. The van der Waals surface area contributed by atoms with E-state index in [1.54, 1.807) is 29.6 Å². The molecule has 1 aromatic heterocycles. The molecule has 3 aromatic rings. The van der Waals surface area contributed by atoms with Crippen LogP contribution >= 0.6 is 11.3 Å². The molecule has 0 fully saturated rings. The summed E-state index contributed by atoms with van der Waals surface area (Å²) in [4.78, 5) is 13.1. The number of rotatable bonds is 6. The highest BCUT2D eigenvalue weighted by Gasteiger charge is 2.41. The minimum atomic E-state index is -4.04. The number of hydrogen-bond donors (Lipinski definition) is 1. The number of allylic oxidation sites excluding steroid dienone is 1. The van der Waals surface area contributed by atoms with Crippen LogP contribution in [0.3, 0.4) is 0 Å². The molecule has 154 valence electrons. The Morgan fingerprint density at radius 3 is 2.57 bits per heavy atom.